The second-order valence-corrected chi connectivity index (χ2v) is 4.85. The summed E-state index contributed by atoms with van der Waals surface area (Å²) in [6, 6.07) is 9.32. The molecule has 0 aromatic heterocycles. The number of hydrogen-bond acceptors (Lipinski definition) is 3. The minimum atomic E-state index is -0.484. The van der Waals surface area contributed by atoms with Crippen molar-refractivity contribution in [2.45, 2.75) is 31.4 Å². The highest BCUT2D eigenvalue weighted by Gasteiger charge is 2.25. The molecule has 1 unspecified atom stereocenters. The quantitative estimate of drug-likeness (QED) is 0.820. The Morgan fingerprint density at radius 1 is 1.33 bits per heavy atom. The number of carbonyl (C=O) groups excluding carboxylic acids is 1. The molecule has 1 fully saturated rings. The lowest BCUT2D eigenvalue weighted by Crippen LogP contribution is -2.48. The van der Waals surface area contributed by atoms with Crippen LogP contribution >= 0.6 is 0 Å². The lowest BCUT2D eigenvalue weighted by Gasteiger charge is -2.31. The van der Waals surface area contributed by atoms with Gasteiger partial charge in [-0.25, -0.2) is 0 Å². The zero-order valence-corrected chi connectivity index (χ0v) is 10.5. The second kappa shape index (κ2) is 5.98. The Morgan fingerprint density at radius 3 is 2.56 bits per heavy atom. The Hall–Kier alpha value is -1.39. The van der Waals surface area contributed by atoms with E-state index < -0.39 is 6.04 Å². The Kier molecular flexibility index (Phi) is 4.33. The average molecular weight is 248 g/mol. The first-order chi connectivity index (χ1) is 8.66. The van der Waals surface area contributed by atoms with Crippen molar-refractivity contribution in [3.05, 3.63) is 35.9 Å². The Bertz CT molecular complexity index is 386. The molecule has 0 aliphatic carbocycles. The summed E-state index contributed by atoms with van der Waals surface area (Å²) >= 11 is 0. The first-order valence-corrected chi connectivity index (χ1v) is 6.43. The number of aliphatic hydroxyl groups is 1. The monoisotopic (exact) mass is 248 g/mol. The van der Waals surface area contributed by atoms with Gasteiger partial charge in [0, 0.05) is 13.1 Å². The summed E-state index contributed by atoms with van der Waals surface area (Å²) in [6.45, 7) is 1.23. The van der Waals surface area contributed by atoms with Crippen LogP contribution in [0.5, 0.6) is 0 Å². The maximum atomic E-state index is 12.1. The number of amides is 1. The van der Waals surface area contributed by atoms with Crippen molar-refractivity contribution in [1.29, 1.82) is 0 Å². The third-order valence-corrected chi connectivity index (χ3v) is 3.39. The first kappa shape index (κ1) is 13.1. The molecule has 1 aliphatic rings. The summed E-state index contributed by atoms with van der Waals surface area (Å²) in [6.07, 6.45) is 1.62. The van der Waals surface area contributed by atoms with Crippen molar-refractivity contribution in [3.63, 3.8) is 0 Å². The standard InChI is InChI=1S/C14H20N2O2/c15-13(10-11-4-2-1-3-5-11)14(18)16-8-6-12(17)7-9-16/h1-5,12-13,17H,6-10,15H2. The predicted octanol–water partition coefficient (Wildman–Crippen LogP) is 0.540. The molecule has 3 N–H and O–H groups in total. The van der Waals surface area contributed by atoms with Crippen molar-refractivity contribution in [3.8, 4) is 0 Å². The number of likely N-dealkylation sites (tertiary alicyclic amines) is 1. The molecule has 98 valence electrons. The first-order valence-electron chi connectivity index (χ1n) is 6.43. The van der Waals surface area contributed by atoms with Crippen LogP contribution in [0, 0.1) is 0 Å². The fourth-order valence-corrected chi connectivity index (χ4v) is 2.28. The molecule has 18 heavy (non-hydrogen) atoms. The lowest BCUT2D eigenvalue weighted by atomic mass is 10.0. The van der Waals surface area contributed by atoms with Crippen LogP contribution in [0.4, 0.5) is 0 Å². The summed E-state index contributed by atoms with van der Waals surface area (Å²) in [5.41, 5.74) is 7.04. The topological polar surface area (TPSA) is 66.6 Å². The molecule has 0 saturated carbocycles. The maximum absolute atomic E-state index is 12.1. The van der Waals surface area contributed by atoms with Crippen LogP contribution < -0.4 is 5.73 Å². The van der Waals surface area contributed by atoms with Gasteiger partial charge in [0.1, 0.15) is 0 Å². The number of carbonyl (C=O) groups is 1. The van der Waals surface area contributed by atoms with Crippen LogP contribution in [-0.2, 0) is 11.2 Å². The summed E-state index contributed by atoms with van der Waals surface area (Å²) in [7, 11) is 0. The molecule has 1 saturated heterocycles. The van der Waals surface area contributed by atoms with Crippen LogP contribution in [0.25, 0.3) is 0 Å². The number of nitrogens with zero attached hydrogens (tertiary/aromatic N) is 1. The molecule has 1 atom stereocenters. The SMILES string of the molecule is NC(Cc1ccccc1)C(=O)N1CCC(O)CC1. The maximum Gasteiger partial charge on any atom is 0.239 e. The highest BCUT2D eigenvalue weighted by atomic mass is 16.3. The normalized spacial score (nSPS) is 18.7. The molecule has 1 aromatic carbocycles. The number of benzene rings is 1. The van der Waals surface area contributed by atoms with E-state index in [9.17, 15) is 9.90 Å². The average Bonchev–Trinajstić information content (AvgIpc) is 2.40. The molecule has 1 aromatic rings. The largest absolute Gasteiger partial charge is 0.393 e. The van der Waals surface area contributed by atoms with Crippen LogP contribution in [-0.4, -0.2) is 41.1 Å². The molecule has 4 nitrogen and oxygen atoms in total. The smallest absolute Gasteiger partial charge is 0.239 e. The lowest BCUT2D eigenvalue weighted by molar-refractivity contribution is -0.134. The molecular weight excluding hydrogens is 228 g/mol. The highest BCUT2D eigenvalue weighted by Crippen LogP contribution is 2.12. The predicted molar refractivity (Wildman–Crippen MR) is 69.9 cm³/mol. The van der Waals surface area contributed by atoms with Gasteiger partial charge in [-0.2, -0.15) is 0 Å². The molecule has 0 bridgehead atoms. The molecule has 0 radical (unpaired) electrons. The summed E-state index contributed by atoms with van der Waals surface area (Å²) in [4.78, 5) is 13.9. The van der Waals surface area contributed by atoms with Crippen molar-refractivity contribution >= 4 is 5.91 Å². The molecule has 4 heteroatoms. The number of aliphatic hydroxyl groups excluding tert-OH is 1. The minimum Gasteiger partial charge on any atom is -0.393 e. The number of nitrogens with two attached hydrogens (primary N) is 1. The van der Waals surface area contributed by atoms with E-state index in [2.05, 4.69) is 0 Å². The van der Waals surface area contributed by atoms with Crippen molar-refractivity contribution in [1.82, 2.24) is 4.90 Å². The molecule has 1 amide bonds. The third-order valence-electron chi connectivity index (χ3n) is 3.39. The number of rotatable bonds is 3. The van der Waals surface area contributed by atoms with Gasteiger partial charge in [0.2, 0.25) is 5.91 Å². The fourth-order valence-electron chi connectivity index (χ4n) is 2.28. The van der Waals surface area contributed by atoms with Crippen LogP contribution in [0.3, 0.4) is 0 Å². The summed E-state index contributed by atoms with van der Waals surface area (Å²) < 4.78 is 0. The Labute approximate surface area is 107 Å². The van der Waals surface area contributed by atoms with E-state index in [0.29, 0.717) is 32.4 Å². The zero-order valence-electron chi connectivity index (χ0n) is 10.5. The van der Waals surface area contributed by atoms with Gasteiger partial charge in [0.25, 0.3) is 0 Å². The minimum absolute atomic E-state index is 0.00856. The van der Waals surface area contributed by atoms with E-state index in [1.807, 2.05) is 30.3 Å². The highest BCUT2D eigenvalue weighted by molar-refractivity contribution is 5.82. The van der Waals surface area contributed by atoms with Crippen molar-refractivity contribution in [2.24, 2.45) is 5.73 Å². The Morgan fingerprint density at radius 2 is 1.94 bits per heavy atom. The van der Waals surface area contributed by atoms with Gasteiger partial charge in [0.05, 0.1) is 12.1 Å². The number of piperidine rings is 1. The van der Waals surface area contributed by atoms with Crippen LogP contribution in [0.2, 0.25) is 0 Å². The summed E-state index contributed by atoms with van der Waals surface area (Å²) in [5, 5.41) is 9.41. The molecule has 0 spiro atoms. The van der Waals surface area contributed by atoms with Crippen LogP contribution in [0.15, 0.2) is 30.3 Å². The molecular formula is C14H20N2O2. The van der Waals surface area contributed by atoms with Gasteiger partial charge in [-0.1, -0.05) is 30.3 Å². The van der Waals surface area contributed by atoms with Gasteiger partial charge in [-0.3, -0.25) is 4.79 Å². The van der Waals surface area contributed by atoms with E-state index >= 15 is 0 Å². The second-order valence-electron chi connectivity index (χ2n) is 4.85. The third kappa shape index (κ3) is 3.31. The van der Waals surface area contributed by atoms with Crippen molar-refractivity contribution < 1.29 is 9.90 Å². The summed E-state index contributed by atoms with van der Waals surface area (Å²) in [5.74, 6) is -0.00856. The van der Waals surface area contributed by atoms with Crippen LogP contribution in [0.1, 0.15) is 18.4 Å². The zero-order chi connectivity index (χ0) is 13.0. The van der Waals surface area contributed by atoms with Crippen molar-refractivity contribution in [2.75, 3.05) is 13.1 Å². The van der Waals surface area contributed by atoms with Gasteiger partial charge in [-0.05, 0) is 24.8 Å². The van der Waals surface area contributed by atoms with Gasteiger partial charge in [0.15, 0.2) is 0 Å². The molecule has 1 aliphatic heterocycles. The Balaban J connectivity index is 1.89. The van der Waals surface area contributed by atoms with E-state index in [4.69, 9.17) is 5.73 Å². The van der Waals surface area contributed by atoms with Gasteiger partial charge >= 0.3 is 0 Å². The van der Waals surface area contributed by atoms with E-state index in [0.717, 1.165) is 5.56 Å². The molecule has 1 heterocycles. The van der Waals surface area contributed by atoms with Gasteiger partial charge in [-0.15, -0.1) is 0 Å². The van der Waals surface area contributed by atoms with E-state index in [1.54, 1.807) is 4.90 Å². The fraction of sp³-hybridized carbons (Fsp3) is 0.500. The number of hydrogen-bond donors (Lipinski definition) is 2. The van der Waals surface area contributed by atoms with E-state index in [1.165, 1.54) is 0 Å². The van der Waals surface area contributed by atoms with Gasteiger partial charge < -0.3 is 15.7 Å². The van der Waals surface area contributed by atoms with E-state index in [-0.39, 0.29) is 12.0 Å². The molecule has 2 rings (SSSR count).